The van der Waals surface area contributed by atoms with Gasteiger partial charge in [0.15, 0.2) is 0 Å². The first-order valence-corrected chi connectivity index (χ1v) is 10.5. The second-order valence-electron chi connectivity index (χ2n) is 7.82. The summed E-state index contributed by atoms with van der Waals surface area (Å²) in [7, 11) is 0. The minimum Gasteiger partial charge on any atom is -0.325 e. The fourth-order valence-electron chi connectivity index (χ4n) is 4.12. The van der Waals surface area contributed by atoms with Crippen molar-refractivity contribution < 1.29 is 4.39 Å². The molecule has 1 aliphatic carbocycles. The fourth-order valence-corrected chi connectivity index (χ4v) is 4.28. The van der Waals surface area contributed by atoms with Gasteiger partial charge in [-0.25, -0.2) is 4.39 Å². The zero-order valence-corrected chi connectivity index (χ0v) is 16.8. The van der Waals surface area contributed by atoms with Crippen molar-refractivity contribution in [3.05, 3.63) is 58.6 Å². The van der Waals surface area contributed by atoms with Gasteiger partial charge in [0, 0.05) is 29.1 Å². The van der Waals surface area contributed by atoms with Gasteiger partial charge in [0.25, 0.3) is 5.78 Å². The predicted octanol–water partition coefficient (Wildman–Crippen LogP) is 4.92. The topological polar surface area (TPSA) is 46.3 Å². The monoisotopic (exact) mass is 417 g/mol. The fraction of sp³-hybridized carbons (Fsp3) is 0.261. The van der Waals surface area contributed by atoms with Crippen LogP contribution in [0.5, 0.6) is 0 Å². The molecule has 1 aliphatic heterocycles. The minimum atomic E-state index is -0.471. The largest absolute Gasteiger partial charge is 0.325 e. The number of anilines is 2. The first-order valence-electron chi connectivity index (χ1n) is 10.1. The van der Waals surface area contributed by atoms with Crippen molar-refractivity contribution in [1.82, 2.24) is 19.6 Å². The van der Waals surface area contributed by atoms with E-state index in [0.717, 1.165) is 36.2 Å². The van der Waals surface area contributed by atoms with E-state index in [4.69, 9.17) is 16.6 Å². The maximum Gasteiger partial charge on any atom is 0.257 e. The van der Waals surface area contributed by atoms with E-state index in [1.807, 2.05) is 6.07 Å². The molecule has 3 heterocycles. The van der Waals surface area contributed by atoms with Crippen LogP contribution in [0.4, 0.5) is 15.9 Å². The molecular weight excluding hydrogens is 401 g/mol. The summed E-state index contributed by atoms with van der Waals surface area (Å²) in [5.41, 5.74) is 4.09. The number of rotatable bonds is 1. The summed E-state index contributed by atoms with van der Waals surface area (Å²) in [6.45, 7) is 0.781. The predicted molar refractivity (Wildman–Crippen MR) is 115 cm³/mol. The lowest BCUT2D eigenvalue weighted by Gasteiger charge is -2.32. The molecule has 0 atom stereocenters. The van der Waals surface area contributed by atoms with Crippen LogP contribution in [0.2, 0.25) is 5.02 Å². The lowest BCUT2D eigenvalue weighted by molar-refractivity contribution is 0.630. The Morgan fingerprint density at radius 1 is 1.20 bits per heavy atom. The summed E-state index contributed by atoms with van der Waals surface area (Å²) in [5, 5.41) is 8.83. The van der Waals surface area contributed by atoms with E-state index in [0.29, 0.717) is 22.9 Å². The van der Waals surface area contributed by atoms with Crippen LogP contribution in [-0.2, 0) is 6.42 Å². The van der Waals surface area contributed by atoms with E-state index in [1.54, 1.807) is 16.8 Å². The molecular formula is C23H17ClFN5. The quantitative estimate of drug-likeness (QED) is 0.412. The van der Waals surface area contributed by atoms with Gasteiger partial charge < -0.3 is 4.90 Å². The normalized spacial score (nSPS) is 15.9. The third kappa shape index (κ3) is 2.81. The molecule has 1 saturated carbocycles. The van der Waals surface area contributed by atoms with Gasteiger partial charge >= 0.3 is 0 Å². The van der Waals surface area contributed by atoms with Gasteiger partial charge in [-0.3, -0.25) is 4.40 Å². The first-order chi connectivity index (χ1) is 14.7. The van der Waals surface area contributed by atoms with Crippen molar-refractivity contribution >= 4 is 39.8 Å². The Labute approximate surface area is 177 Å². The molecule has 30 heavy (non-hydrogen) atoms. The number of hydrogen-bond donors (Lipinski definition) is 0. The van der Waals surface area contributed by atoms with E-state index in [9.17, 15) is 4.39 Å². The van der Waals surface area contributed by atoms with Gasteiger partial charge in [0.05, 0.1) is 10.5 Å². The molecule has 0 saturated heterocycles. The molecule has 0 spiro atoms. The van der Waals surface area contributed by atoms with Crippen molar-refractivity contribution in [3.8, 4) is 11.8 Å². The lowest BCUT2D eigenvalue weighted by Crippen LogP contribution is -2.26. The van der Waals surface area contributed by atoms with E-state index >= 15 is 0 Å². The Morgan fingerprint density at radius 3 is 2.97 bits per heavy atom. The number of hydrogen-bond acceptors (Lipinski definition) is 4. The average molecular weight is 418 g/mol. The van der Waals surface area contributed by atoms with Crippen molar-refractivity contribution in [1.29, 1.82) is 0 Å². The van der Waals surface area contributed by atoms with E-state index < -0.39 is 5.82 Å². The highest BCUT2D eigenvalue weighted by Gasteiger charge is 2.25. The smallest absolute Gasteiger partial charge is 0.257 e. The summed E-state index contributed by atoms with van der Waals surface area (Å²) in [6.07, 6.45) is 5.91. The summed E-state index contributed by atoms with van der Waals surface area (Å²) < 4.78 is 16.2. The maximum atomic E-state index is 14.4. The molecule has 2 aromatic heterocycles. The Kier molecular flexibility index (Phi) is 3.93. The molecule has 2 aliphatic rings. The number of fused-ring (bicyclic) bond motifs is 4. The molecule has 0 bridgehead atoms. The second kappa shape index (κ2) is 6.68. The molecule has 1 fully saturated rings. The molecule has 0 unspecified atom stereocenters. The number of benzene rings is 2. The molecule has 7 heteroatoms. The minimum absolute atomic E-state index is 0.0614. The van der Waals surface area contributed by atoms with Crippen LogP contribution < -0.4 is 4.90 Å². The molecule has 5 nitrogen and oxygen atoms in total. The highest BCUT2D eigenvalue weighted by molar-refractivity contribution is 6.31. The number of nitrogens with zero attached hydrogens (tertiary/aromatic N) is 5. The highest BCUT2D eigenvalue weighted by Crippen LogP contribution is 2.39. The van der Waals surface area contributed by atoms with Gasteiger partial charge in [-0.05, 0) is 55.5 Å². The van der Waals surface area contributed by atoms with Crippen molar-refractivity contribution in [2.45, 2.75) is 25.7 Å². The lowest BCUT2D eigenvalue weighted by atomic mass is 9.96. The van der Waals surface area contributed by atoms with E-state index in [1.165, 1.54) is 24.5 Å². The Hall–Kier alpha value is -3.17. The van der Waals surface area contributed by atoms with Crippen LogP contribution in [0.25, 0.3) is 16.7 Å². The van der Waals surface area contributed by atoms with Crippen LogP contribution in [0.3, 0.4) is 0 Å². The molecule has 148 valence electrons. The van der Waals surface area contributed by atoms with Gasteiger partial charge in [0.1, 0.15) is 18.0 Å². The Bertz CT molecular complexity index is 1380. The van der Waals surface area contributed by atoms with Crippen LogP contribution in [0.15, 0.2) is 36.7 Å². The van der Waals surface area contributed by atoms with E-state index in [2.05, 4.69) is 39.1 Å². The third-order valence-corrected chi connectivity index (χ3v) is 6.06. The zero-order chi connectivity index (χ0) is 20.2. The standard InChI is InChI=1S/C23H17ClFN5/c24-18-12-21-17(11-19(18)25)22(27-23-28-26-13-30(21)23)29-10-2-4-16-15(3-1-5-20(16)29)9-8-14-6-7-14/h1,3,5,11-14H,2,4,6-7,10H2. The van der Waals surface area contributed by atoms with Crippen LogP contribution >= 0.6 is 11.6 Å². The summed E-state index contributed by atoms with van der Waals surface area (Å²) in [4.78, 5) is 6.88. The molecule has 2 aromatic carbocycles. The van der Waals surface area contributed by atoms with Gasteiger partial charge in [0.2, 0.25) is 0 Å². The third-order valence-electron chi connectivity index (χ3n) is 5.77. The average Bonchev–Trinajstić information content (AvgIpc) is 3.47. The molecule has 0 N–H and O–H groups in total. The summed E-state index contributed by atoms with van der Waals surface area (Å²) >= 11 is 6.08. The van der Waals surface area contributed by atoms with Crippen LogP contribution in [-0.4, -0.2) is 26.1 Å². The van der Waals surface area contributed by atoms with Crippen molar-refractivity contribution in [2.75, 3.05) is 11.4 Å². The van der Waals surface area contributed by atoms with Crippen LogP contribution in [0.1, 0.15) is 30.4 Å². The molecule has 0 amide bonds. The number of aromatic nitrogens is 4. The zero-order valence-electron chi connectivity index (χ0n) is 16.1. The molecule has 4 aromatic rings. The maximum absolute atomic E-state index is 14.4. The first kappa shape index (κ1) is 17.7. The van der Waals surface area contributed by atoms with Gasteiger partial charge in [-0.15, -0.1) is 10.2 Å². The summed E-state index contributed by atoms with van der Waals surface area (Å²) in [6, 6.07) is 9.26. The van der Waals surface area contributed by atoms with Crippen molar-refractivity contribution in [2.24, 2.45) is 5.92 Å². The Morgan fingerprint density at radius 2 is 2.10 bits per heavy atom. The molecule has 0 radical (unpaired) electrons. The van der Waals surface area contributed by atoms with Gasteiger partial charge in [-0.2, -0.15) is 4.98 Å². The molecule has 6 rings (SSSR count). The summed E-state index contributed by atoms with van der Waals surface area (Å²) in [5.74, 6) is 7.95. The highest BCUT2D eigenvalue weighted by atomic mass is 35.5. The Balaban J connectivity index is 1.58. The number of halogens is 2. The van der Waals surface area contributed by atoms with Gasteiger partial charge in [-0.1, -0.05) is 29.5 Å². The SMILES string of the molecule is Fc1cc2c(N3CCCc4c(C#CC5CC5)cccc43)nc3nncn3c2cc1Cl. The second-order valence-corrected chi connectivity index (χ2v) is 8.23. The van der Waals surface area contributed by atoms with Crippen LogP contribution in [0, 0.1) is 23.6 Å². The van der Waals surface area contributed by atoms with Crippen molar-refractivity contribution in [3.63, 3.8) is 0 Å². The van der Waals surface area contributed by atoms with E-state index in [-0.39, 0.29) is 5.02 Å².